The molecular formula is C25H25ClN4O2. The molecule has 0 saturated carbocycles. The van der Waals surface area contributed by atoms with Gasteiger partial charge in [0.25, 0.3) is 5.91 Å². The number of aromatic nitrogens is 3. The van der Waals surface area contributed by atoms with Crippen molar-refractivity contribution in [3.63, 3.8) is 0 Å². The Labute approximate surface area is 192 Å². The van der Waals surface area contributed by atoms with Crippen molar-refractivity contribution in [2.45, 2.75) is 34.6 Å². The highest BCUT2D eigenvalue weighted by Crippen LogP contribution is 2.26. The van der Waals surface area contributed by atoms with Crippen LogP contribution in [0.2, 0.25) is 5.02 Å². The predicted octanol–water partition coefficient (Wildman–Crippen LogP) is 5.63. The van der Waals surface area contributed by atoms with E-state index in [-0.39, 0.29) is 12.5 Å². The molecule has 0 bridgehead atoms. The number of fused-ring (bicyclic) bond motifs is 1. The highest BCUT2D eigenvalue weighted by atomic mass is 35.5. The minimum Gasteiger partial charge on any atom is -0.484 e. The maximum absolute atomic E-state index is 12.6. The number of halogens is 1. The summed E-state index contributed by atoms with van der Waals surface area (Å²) in [6.45, 7) is 9.83. The van der Waals surface area contributed by atoms with E-state index in [4.69, 9.17) is 21.3 Å². The molecule has 0 aliphatic carbocycles. The molecule has 4 aromatic rings. The number of carbonyl (C=O) groups is 1. The lowest BCUT2D eigenvalue weighted by atomic mass is 10.0. The van der Waals surface area contributed by atoms with Gasteiger partial charge in [-0.05, 0) is 81.6 Å². The van der Waals surface area contributed by atoms with Gasteiger partial charge in [0, 0.05) is 16.5 Å². The largest absolute Gasteiger partial charge is 0.484 e. The summed E-state index contributed by atoms with van der Waals surface area (Å²) in [5.74, 6) is 1.49. The normalized spacial score (nSPS) is 11.1. The number of hydrogen-bond acceptors (Lipinski definition) is 4. The highest BCUT2D eigenvalue weighted by Gasteiger charge is 2.15. The lowest BCUT2D eigenvalue weighted by molar-refractivity contribution is -0.118. The summed E-state index contributed by atoms with van der Waals surface area (Å²) in [5.41, 5.74) is 6.00. The van der Waals surface area contributed by atoms with E-state index in [2.05, 4.69) is 43.3 Å². The van der Waals surface area contributed by atoms with Crippen LogP contribution < -0.4 is 10.1 Å². The van der Waals surface area contributed by atoms with Crippen LogP contribution in [0.5, 0.6) is 5.75 Å². The van der Waals surface area contributed by atoms with E-state index in [1.165, 1.54) is 5.56 Å². The molecule has 0 atom stereocenters. The summed E-state index contributed by atoms with van der Waals surface area (Å²) in [5, 5.41) is 9.22. The third kappa shape index (κ3) is 4.46. The molecule has 0 spiro atoms. The van der Waals surface area contributed by atoms with Gasteiger partial charge in [-0.25, -0.2) is 4.98 Å². The molecule has 0 aliphatic heterocycles. The van der Waals surface area contributed by atoms with E-state index in [1.807, 2.05) is 26.0 Å². The fourth-order valence-electron chi connectivity index (χ4n) is 3.73. The Morgan fingerprint density at radius 1 is 1.00 bits per heavy atom. The van der Waals surface area contributed by atoms with Gasteiger partial charge in [-0.15, -0.1) is 0 Å². The molecular weight excluding hydrogens is 424 g/mol. The van der Waals surface area contributed by atoms with E-state index in [0.29, 0.717) is 22.4 Å². The molecule has 0 aliphatic rings. The smallest absolute Gasteiger partial charge is 0.263 e. The number of aryl methyl sites for hydroxylation is 5. The number of nitrogens with one attached hydrogen (secondary N) is 1. The second-order valence-electron chi connectivity index (χ2n) is 8.11. The summed E-state index contributed by atoms with van der Waals surface area (Å²) in [4.78, 5) is 17.4. The van der Waals surface area contributed by atoms with E-state index < -0.39 is 0 Å². The molecule has 1 N–H and O–H groups in total. The van der Waals surface area contributed by atoms with E-state index in [0.717, 1.165) is 33.3 Å². The Bertz CT molecular complexity index is 1340. The Kier molecular flexibility index (Phi) is 5.89. The Balaban J connectivity index is 1.59. The van der Waals surface area contributed by atoms with Crippen LogP contribution in [-0.4, -0.2) is 27.3 Å². The number of hydrogen-bond donors (Lipinski definition) is 1. The van der Waals surface area contributed by atoms with Crippen molar-refractivity contribution in [3.8, 4) is 11.6 Å². The number of nitrogens with zero attached hydrogens (tertiary/aromatic N) is 3. The number of ether oxygens (including phenoxy) is 1. The zero-order valence-electron chi connectivity index (χ0n) is 18.8. The second-order valence-corrected chi connectivity index (χ2v) is 8.51. The molecule has 6 nitrogen and oxygen atoms in total. The average Bonchev–Trinajstić information content (AvgIpc) is 3.09. The quantitative estimate of drug-likeness (QED) is 0.429. The molecule has 0 radical (unpaired) electrons. The molecule has 0 unspecified atom stereocenters. The summed E-state index contributed by atoms with van der Waals surface area (Å²) in [6, 6.07) is 13.3. The van der Waals surface area contributed by atoms with Gasteiger partial charge in [0.1, 0.15) is 11.6 Å². The van der Waals surface area contributed by atoms with E-state index in [1.54, 1.807) is 22.9 Å². The van der Waals surface area contributed by atoms with Crippen molar-refractivity contribution in [3.05, 3.63) is 75.4 Å². The second kappa shape index (κ2) is 8.63. The van der Waals surface area contributed by atoms with Crippen LogP contribution in [0.4, 0.5) is 5.82 Å². The van der Waals surface area contributed by atoms with Crippen LogP contribution in [0, 0.1) is 34.6 Å². The Hall–Kier alpha value is -3.38. The van der Waals surface area contributed by atoms with Crippen molar-refractivity contribution in [1.29, 1.82) is 0 Å². The van der Waals surface area contributed by atoms with Crippen LogP contribution in [0.3, 0.4) is 0 Å². The van der Waals surface area contributed by atoms with Crippen LogP contribution in [-0.2, 0) is 4.79 Å². The van der Waals surface area contributed by atoms with Crippen molar-refractivity contribution < 1.29 is 9.53 Å². The predicted molar refractivity (Wildman–Crippen MR) is 128 cm³/mol. The molecule has 2 aromatic carbocycles. The van der Waals surface area contributed by atoms with Crippen molar-refractivity contribution in [2.75, 3.05) is 11.9 Å². The van der Waals surface area contributed by atoms with Gasteiger partial charge >= 0.3 is 0 Å². The van der Waals surface area contributed by atoms with Crippen molar-refractivity contribution >= 4 is 34.2 Å². The van der Waals surface area contributed by atoms with Gasteiger partial charge < -0.3 is 10.1 Å². The van der Waals surface area contributed by atoms with Crippen LogP contribution in [0.15, 0.2) is 42.5 Å². The molecule has 164 valence electrons. The number of pyridine rings is 1. The van der Waals surface area contributed by atoms with E-state index in [9.17, 15) is 4.79 Å². The first-order chi connectivity index (χ1) is 15.2. The van der Waals surface area contributed by atoms with Crippen LogP contribution in [0.25, 0.3) is 16.7 Å². The number of carbonyl (C=O) groups excluding carboxylic acids is 1. The van der Waals surface area contributed by atoms with Gasteiger partial charge in [0.05, 0.1) is 11.2 Å². The van der Waals surface area contributed by atoms with Gasteiger partial charge in [-0.3, -0.25) is 4.79 Å². The molecule has 4 rings (SSSR count). The molecule has 7 heteroatoms. The summed E-state index contributed by atoms with van der Waals surface area (Å²) < 4.78 is 7.27. The summed E-state index contributed by atoms with van der Waals surface area (Å²) in [6.07, 6.45) is 0. The van der Waals surface area contributed by atoms with Gasteiger partial charge in [-0.1, -0.05) is 23.2 Å². The zero-order valence-corrected chi connectivity index (χ0v) is 19.5. The standard InChI is InChI=1S/C25H25ClN4O2/c1-14-8-17(4)25-20(9-14)15(2)11-22(28-25)30-23(12-18(5)29-30)27-24(31)13-32-19-6-7-21(26)16(3)10-19/h6-12H,13H2,1-5H3,(H,27,31). The van der Waals surface area contributed by atoms with Crippen LogP contribution >= 0.6 is 11.6 Å². The number of anilines is 1. The molecule has 32 heavy (non-hydrogen) atoms. The monoisotopic (exact) mass is 448 g/mol. The molecule has 0 saturated heterocycles. The minimum atomic E-state index is -0.289. The zero-order chi connectivity index (χ0) is 23.0. The molecule has 0 fully saturated rings. The first-order valence-corrected chi connectivity index (χ1v) is 10.7. The van der Waals surface area contributed by atoms with E-state index >= 15 is 0 Å². The average molecular weight is 449 g/mol. The molecule has 2 heterocycles. The topological polar surface area (TPSA) is 69.0 Å². The van der Waals surface area contributed by atoms with Gasteiger partial charge in [0.2, 0.25) is 0 Å². The first-order valence-electron chi connectivity index (χ1n) is 10.4. The maximum atomic E-state index is 12.6. The number of benzene rings is 2. The SMILES string of the molecule is Cc1cc(C)c2nc(-n3nc(C)cc3NC(=O)COc3ccc(Cl)c(C)c3)cc(C)c2c1. The van der Waals surface area contributed by atoms with Gasteiger partial charge in [-0.2, -0.15) is 9.78 Å². The van der Waals surface area contributed by atoms with Gasteiger partial charge in [0.15, 0.2) is 12.4 Å². The third-order valence-corrected chi connectivity index (χ3v) is 5.68. The van der Waals surface area contributed by atoms with Crippen molar-refractivity contribution in [2.24, 2.45) is 0 Å². The third-order valence-electron chi connectivity index (χ3n) is 5.26. The Morgan fingerprint density at radius 2 is 1.78 bits per heavy atom. The fourth-order valence-corrected chi connectivity index (χ4v) is 3.85. The lowest BCUT2D eigenvalue weighted by Crippen LogP contribution is -2.22. The fraction of sp³-hybridized carbons (Fsp3) is 0.240. The lowest BCUT2D eigenvalue weighted by Gasteiger charge is -2.13. The summed E-state index contributed by atoms with van der Waals surface area (Å²) in [7, 11) is 0. The maximum Gasteiger partial charge on any atom is 0.263 e. The molecule has 1 amide bonds. The first kappa shape index (κ1) is 21.8. The van der Waals surface area contributed by atoms with Crippen molar-refractivity contribution in [1.82, 2.24) is 14.8 Å². The summed E-state index contributed by atoms with van der Waals surface area (Å²) >= 11 is 6.04. The Morgan fingerprint density at radius 3 is 2.53 bits per heavy atom. The molecule has 2 aromatic heterocycles. The van der Waals surface area contributed by atoms with Crippen LogP contribution in [0.1, 0.15) is 27.9 Å². The number of amides is 1. The minimum absolute atomic E-state index is 0.131. The number of rotatable bonds is 5. The highest BCUT2D eigenvalue weighted by molar-refractivity contribution is 6.31.